The van der Waals surface area contributed by atoms with E-state index in [1.807, 2.05) is 13.8 Å². The van der Waals surface area contributed by atoms with Crippen LogP contribution in [-0.4, -0.2) is 21.4 Å². The predicted molar refractivity (Wildman–Crippen MR) is 57.9 cm³/mol. The summed E-state index contributed by atoms with van der Waals surface area (Å²) in [5.74, 6) is 0.882. The van der Waals surface area contributed by atoms with Gasteiger partial charge in [-0.05, 0) is 20.3 Å². The topological polar surface area (TPSA) is 57.8 Å². The van der Waals surface area contributed by atoms with E-state index >= 15 is 0 Å². The van der Waals surface area contributed by atoms with Gasteiger partial charge in [0.05, 0.1) is 0 Å². The van der Waals surface area contributed by atoms with Crippen LogP contribution in [0.15, 0.2) is 17.2 Å². The van der Waals surface area contributed by atoms with Crippen LogP contribution in [0.3, 0.4) is 0 Å². The van der Waals surface area contributed by atoms with E-state index in [9.17, 15) is 4.79 Å². The molecule has 0 unspecified atom stereocenters. The molecule has 0 aliphatic rings. The zero-order valence-electron chi connectivity index (χ0n) is 8.30. The summed E-state index contributed by atoms with van der Waals surface area (Å²) in [6.07, 6.45) is 3.81. The Kier molecular flexibility index (Phi) is 3.52. The molecule has 0 atom stereocenters. The standard InChI is InChI=1S/C9H14ClN3O/c1-9(2,3-4-10)13-7-8(14)12-6-5-11-7/h5-6H,3-4H2,1-2H3,(H,11,13)(H,12,14). The number of nitrogens with zero attached hydrogens (tertiary/aromatic N) is 1. The van der Waals surface area contributed by atoms with Crippen molar-refractivity contribution < 1.29 is 0 Å². The number of H-pyrrole nitrogens is 1. The van der Waals surface area contributed by atoms with Gasteiger partial charge >= 0.3 is 0 Å². The highest BCUT2D eigenvalue weighted by Gasteiger charge is 2.18. The maximum atomic E-state index is 11.3. The molecule has 0 aliphatic heterocycles. The van der Waals surface area contributed by atoms with Crippen LogP contribution < -0.4 is 10.9 Å². The van der Waals surface area contributed by atoms with Crippen molar-refractivity contribution in [2.45, 2.75) is 25.8 Å². The molecule has 78 valence electrons. The third-order valence-electron chi connectivity index (χ3n) is 1.88. The summed E-state index contributed by atoms with van der Waals surface area (Å²) in [5, 5.41) is 3.05. The van der Waals surface area contributed by atoms with E-state index in [0.29, 0.717) is 11.7 Å². The minimum atomic E-state index is -0.219. The van der Waals surface area contributed by atoms with Gasteiger partial charge in [-0.25, -0.2) is 4.98 Å². The SMILES string of the molecule is CC(C)(CCCl)Nc1ncc[nH]c1=O. The second kappa shape index (κ2) is 4.46. The molecule has 4 nitrogen and oxygen atoms in total. The molecule has 5 heteroatoms. The third kappa shape index (κ3) is 3.03. The van der Waals surface area contributed by atoms with E-state index in [2.05, 4.69) is 15.3 Å². The average Bonchev–Trinajstić information content (AvgIpc) is 2.08. The molecular formula is C9H14ClN3O. The minimum Gasteiger partial charge on any atom is -0.361 e. The van der Waals surface area contributed by atoms with Gasteiger partial charge in [0.25, 0.3) is 5.56 Å². The van der Waals surface area contributed by atoms with Crippen LogP contribution in [0.4, 0.5) is 5.82 Å². The van der Waals surface area contributed by atoms with Gasteiger partial charge in [-0.2, -0.15) is 0 Å². The van der Waals surface area contributed by atoms with Crippen LogP contribution in [0.2, 0.25) is 0 Å². The molecule has 1 aromatic rings. The lowest BCUT2D eigenvalue weighted by atomic mass is 10.0. The lowest BCUT2D eigenvalue weighted by Crippen LogP contribution is -2.34. The van der Waals surface area contributed by atoms with Crippen molar-refractivity contribution >= 4 is 17.4 Å². The van der Waals surface area contributed by atoms with Gasteiger partial charge in [0, 0.05) is 23.8 Å². The van der Waals surface area contributed by atoms with Gasteiger partial charge < -0.3 is 10.3 Å². The fraction of sp³-hybridized carbons (Fsp3) is 0.556. The number of rotatable bonds is 4. The van der Waals surface area contributed by atoms with Gasteiger partial charge in [0.15, 0.2) is 5.82 Å². The van der Waals surface area contributed by atoms with Crippen molar-refractivity contribution in [1.82, 2.24) is 9.97 Å². The summed E-state index contributed by atoms with van der Waals surface area (Å²) >= 11 is 5.65. The summed E-state index contributed by atoms with van der Waals surface area (Å²) in [7, 11) is 0. The largest absolute Gasteiger partial charge is 0.361 e. The second-order valence-corrected chi connectivity index (χ2v) is 4.09. The molecule has 2 N–H and O–H groups in total. The molecule has 0 amide bonds. The summed E-state index contributed by atoms with van der Waals surface area (Å²) in [4.78, 5) is 17.8. The van der Waals surface area contributed by atoms with Gasteiger partial charge in [0.2, 0.25) is 0 Å². The summed E-state index contributed by atoms with van der Waals surface area (Å²) in [6, 6.07) is 0. The van der Waals surface area contributed by atoms with Crippen LogP contribution in [-0.2, 0) is 0 Å². The third-order valence-corrected chi connectivity index (χ3v) is 2.07. The molecule has 14 heavy (non-hydrogen) atoms. The van der Waals surface area contributed by atoms with Crippen LogP contribution in [0.5, 0.6) is 0 Å². The first-order valence-corrected chi connectivity index (χ1v) is 4.96. The molecule has 0 aromatic carbocycles. The quantitative estimate of drug-likeness (QED) is 0.750. The lowest BCUT2D eigenvalue weighted by molar-refractivity contribution is 0.547. The predicted octanol–water partition coefficient (Wildman–Crippen LogP) is 1.59. The molecule has 0 bridgehead atoms. The zero-order chi connectivity index (χ0) is 10.6. The van der Waals surface area contributed by atoms with Crippen molar-refractivity contribution in [2.24, 2.45) is 0 Å². The Bertz CT molecular complexity index is 348. The fourth-order valence-electron chi connectivity index (χ4n) is 1.06. The Labute approximate surface area is 87.7 Å². The maximum absolute atomic E-state index is 11.3. The molecule has 0 aliphatic carbocycles. The number of anilines is 1. The highest BCUT2D eigenvalue weighted by molar-refractivity contribution is 6.17. The number of hydrogen-bond acceptors (Lipinski definition) is 3. The second-order valence-electron chi connectivity index (χ2n) is 3.71. The smallest absolute Gasteiger partial charge is 0.290 e. The van der Waals surface area contributed by atoms with Crippen LogP contribution in [0.1, 0.15) is 20.3 Å². The Morgan fingerprint density at radius 1 is 1.64 bits per heavy atom. The van der Waals surface area contributed by atoms with Gasteiger partial charge in [0.1, 0.15) is 0 Å². The molecule has 0 saturated heterocycles. The maximum Gasteiger partial charge on any atom is 0.290 e. The molecule has 0 spiro atoms. The minimum absolute atomic E-state index is 0.213. The van der Waals surface area contributed by atoms with Crippen molar-refractivity contribution in [3.63, 3.8) is 0 Å². The summed E-state index contributed by atoms with van der Waals surface area (Å²) < 4.78 is 0. The van der Waals surface area contributed by atoms with Crippen molar-refractivity contribution in [3.05, 3.63) is 22.7 Å². The highest BCUT2D eigenvalue weighted by Crippen LogP contribution is 2.13. The van der Waals surface area contributed by atoms with E-state index < -0.39 is 0 Å². The first-order valence-electron chi connectivity index (χ1n) is 4.43. The molecule has 0 radical (unpaired) electrons. The van der Waals surface area contributed by atoms with Crippen LogP contribution >= 0.6 is 11.6 Å². The van der Waals surface area contributed by atoms with Crippen LogP contribution in [0, 0.1) is 0 Å². The highest BCUT2D eigenvalue weighted by atomic mass is 35.5. The molecular weight excluding hydrogens is 202 g/mol. The number of alkyl halides is 1. The first-order chi connectivity index (χ1) is 6.55. The van der Waals surface area contributed by atoms with Crippen molar-refractivity contribution in [2.75, 3.05) is 11.2 Å². The van der Waals surface area contributed by atoms with E-state index in [-0.39, 0.29) is 11.1 Å². The molecule has 0 saturated carbocycles. The van der Waals surface area contributed by atoms with Gasteiger partial charge in [-0.1, -0.05) is 0 Å². The Morgan fingerprint density at radius 3 is 2.93 bits per heavy atom. The number of nitrogens with one attached hydrogen (secondary N) is 2. The summed E-state index contributed by atoms with van der Waals surface area (Å²) in [6.45, 7) is 3.95. The average molecular weight is 216 g/mol. The van der Waals surface area contributed by atoms with Gasteiger partial charge in [-0.3, -0.25) is 4.79 Å². The van der Waals surface area contributed by atoms with Gasteiger partial charge in [-0.15, -0.1) is 11.6 Å². The number of aromatic amines is 1. The molecule has 0 fully saturated rings. The number of aromatic nitrogens is 2. The first kappa shape index (κ1) is 11.0. The zero-order valence-corrected chi connectivity index (χ0v) is 9.06. The van der Waals surface area contributed by atoms with E-state index in [4.69, 9.17) is 11.6 Å². The number of halogens is 1. The lowest BCUT2D eigenvalue weighted by Gasteiger charge is -2.25. The van der Waals surface area contributed by atoms with Crippen molar-refractivity contribution in [3.8, 4) is 0 Å². The Hall–Kier alpha value is -1.03. The monoisotopic (exact) mass is 215 g/mol. The van der Waals surface area contributed by atoms with Crippen molar-refractivity contribution in [1.29, 1.82) is 0 Å². The van der Waals surface area contributed by atoms with Crippen LogP contribution in [0.25, 0.3) is 0 Å². The van der Waals surface area contributed by atoms with E-state index in [0.717, 1.165) is 6.42 Å². The Balaban J connectivity index is 2.78. The summed E-state index contributed by atoms with van der Waals surface area (Å²) in [5.41, 5.74) is -0.432. The number of hydrogen-bond donors (Lipinski definition) is 2. The molecule has 1 heterocycles. The fourth-order valence-corrected chi connectivity index (χ4v) is 1.53. The molecule has 1 rings (SSSR count). The Morgan fingerprint density at radius 2 is 2.36 bits per heavy atom. The van der Waals surface area contributed by atoms with E-state index in [1.165, 1.54) is 6.20 Å². The van der Waals surface area contributed by atoms with E-state index in [1.54, 1.807) is 6.20 Å². The normalized spacial score (nSPS) is 11.4. The molecule has 1 aromatic heterocycles.